The van der Waals surface area contributed by atoms with Crippen LogP contribution in [0.25, 0.3) is 0 Å². The number of guanidine groups is 1. The summed E-state index contributed by atoms with van der Waals surface area (Å²) in [5.74, 6) is 1.01. The van der Waals surface area contributed by atoms with Gasteiger partial charge >= 0.3 is 0 Å². The second-order valence-electron chi connectivity index (χ2n) is 6.22. The molecule has 2 aliphatic rings. The fraction of sp³-hybridized carbons (Fsp3) is 0.562. The topological polar surface area (TPSA) is 87.8 Å². The fourth-order valence-electron chi connectivity index (χ4n) is 2.97. The van der Waals surface area contributed by atoms with Crippen molar-refractivity contribution in [2.75, 3.05) is 29.7 Å². The first kappa shape index (κ1) is 16.1. The van der Waals surface area contributed by atoms with E-state index in [0.29, 0.717) is 18.4 Å². The number of fused-ring (bicyclic) bond motifs is 1. The summed E-state index contributed by atoms with van der Waals surface area (Å²) in [6.07, 6.45) is 4.50. The Hall–Kier alpha value is -1.76. The molecule has 126 valence electrons. The van der Waals surface area contributed by atoms with Crippen molar-refractivity contribution < 1.29 is 8.42 Å². The van der Waals surface area contributed by atoms with E-state index >= 15 is 0 Å². The second-order valence-corrected chi connectivity index (χ2v) is 8.23. The molecule has 1 fully saturated rings. The summed E-state index contributed by atoms with van der Waals surface area (Å²) in [7, 11) is -3.33. The standard InChI is InChI=1S/C16H24N4O2S/c17-16(19-12-13-4-3-5-13)18-9-11-23(21,22)20-10-8-14-6-1-2-7-15(14)20/h1-2,6-7,13H,3-5,8-12H2,(H3,17,18,19). The molecule has 1 aliphatic heterocycles. The third kappa shape index (κ3) is 3.77. The normalized spacial score (nSPS) is 18.6. The maximum Gasteiger partial charge on any atom is 0.236 e. The Bertz CT molecular complexity index is 683. The molecule has 1 aliphatic carbocycles. The van der Waals surface area contributed by atoms with Crippen molar-refractivity contribution >= 4 is 21.7 Å². The SMILES string of the molecule is NC(=NCC1CCC1)NCCS(=O)(=O)N1CCc2ccccc21. The summed E-state index contributed by atoms with van der Waals surface area (Å²) < 4.78 is 26.5. The van der Waals surface area contributed by atoms with Gasteiger partial charge in [-0.25, -0.2) is 8.42 Å². The summed E-state index contributed by atoms with van der Waals surface area (Å²) in [5, 5.41) is 2.91. The lowest BCUT2D eigenvalue weighted by atomic mass is 9.86. The van der Waals surface area contributed by atoms with E-state index in [2.05, 4.69) is 10.3 Å². The van der Waals surface area contributed by atoms with Crippen molar-refractivity contribution in [2.45, 2.75) is 25.7 Å². The summed E-state index contributed by atoms with van der Waals surface area (Å²) >= 11 is 0. The predicted molar refractivity (Wildman–Crippen MR) is 93.1 cm³/mol. The highest BCUT2D eigenvalue weighted by Crippen LogP contribution is 2.29. The minimum absolute atomic E-state index is 0.0149. The molecule has 0 bridgehead atoms. The van der Waals surface area contributed by atoms with E-state index in [-0.39, 0.29) is 12.3 Å². The molecule has 6 nitrogen and oxygen atoms in total. The first-order valence-electron chi connectivity index (χ1n) is 8.18. The van der Waals surface area contributed by atoms with Gasteiger partial charge in [0, 0.05) is 19.6 Å². The first-order chi connectivity index (χ1) is 11.1. The highest BCUT2D eigenvalue weighted by Gasteiger charge is 2.28. The van der Waals surface area contributed by atoms with Gasteiger partial charge in [0.05, 0.1) is 11.4 Å². The average Bonchev–Trinajstić information content (AvgIpc) is 2.90. The van der Waals surface area contributed by atoms with E-state index < -0.39 is 10.0 Å². The van der Waals surface area contributed by atoms with Gasteiger partial charge in [-0.15, -0.1) is 0 Å². The van der Waals surface area contributed by atoms with E-state index in [0.717, 1.165) is 24.2 Å². The molecule has 1 aromatic carbocycles. The third-order valence-corrected chi connectivity index (χ3v) is 6.36. The molecule has 1 aromatic rings. The Morgan fingerprint density at radius 2 is 2.13 bits per heavy atom. The minimum Gasteiger partial charge on any atom is -0.370 e. The molecule has 0 radical (unpaired) electrons. The second kappa shape index (κ2) is 6.78. The number of nitrogens with zero attached hydrogens (tertiary/aromatic N) is 2. The maximum atomic E-state index is 12.5. The molecule has 3 rings (SSSR count). The van der Waals surface area contributed by atoms with Crippen molar-refractivity contribution in [3.8, 4) is 0 Å². The highest BCUT2D eigenvalue weighted by molar-refractivity contribution is 7.92. The molecule has 0 aromatic heterocycles. The number of hydrogen-bond acceptors (Lipinski definition) is 3. The van der Waals surface area contributed by atoms with Gasteiger partial charge in [0.2, 0.25) is 10.0 Å². The van der Waals surface area contributed by atoms with E-state index in [1.165, 1.54) is 23.6 Å². The Morgan fingerprint density at radius 1 is 1.35 bits per heavy atom. The number of anilines is 1. The molecular formula is C16H24N4O2S. The van der Waals surface area contributed by atoms with Crippen LogP contribution in [0.4, 0.5) is 5.69 Å². The number of hydrogen-bond donors (Lipinski definition) is 2. The Morgan fingerprint density at radius 3 is 2.87 bits per heavy atom. The van der Waals surface area contributed by atoms with Crippen LogP contribution in [-0.2, 0) is 16.4 Å². The Balaban J connectivity index is 1.51. The van der Waals surface area contributed by atoms with E-state index in [9.17, 15) is 8.42 Å². The van der Waals surface area contributed by atoms with Crippen LogP contribution in [0.2, 0.25) is 0 Å². The molecule has 0 amide bonds. The largest absolute Gasteiger partial charge is 0.370 e. The van der Waals surface area contributed by atoms with Crippen molar-refractivity contribution in [3.05, 3.63) is 29.8 Å². The zero-order chi connectivity index (χ0) is 16.3. The van der Waals surface area contributed by atoms with Gasteiger partial charge in [0.15, 0.2) is 5.96 Å². The van der Waals surface area contributed by atoms with Crippen LogP contribution in [0.5, 0.6) is 0 Å². The number of nitrogens with two attached hydrogens (primary N) is 1. The van der Waals surface area contributed by atoms with Crippen LogP contribution in [0.1, 0.15) is 24.8 Å². The zero-order valence-corrected chi connectivity index (χ0v) is 14.1. The number of para-hydroxylation sites is 1. The molecule has 0 unspecified atom stereocenters. The highest BCUT2D eigenvalue weighted by atomic mass is 32.2. The van der Waals surface area contributed by atoms with Crippen molar-refractivity contribution in [1.82, 2.24) is 5.32 Å². The van der Waals surface area contributed by atoms with E-state index in [1.807, 2.05) is 24.3 Å². The third-order valence-electron chi connectivity index (χ3n) is 4.59. The zero-order valence-electron chi connectivity index (χ0n) is 13.2. The number of aliphatic imine (C=N–C) groups is 1. The monoisotopic (exact) mass is 336 g/mol. The van der Waals surface area contributed by atoms with E-state index in [1.54, 1.807) is 0 Å². The van der Waals surface area contributed by atoms with Crippen LogP contribution in [-0.4, -0.2) is 39.8 Å². The lowest BCUT2D eigenvalue weighted by Crippen LogP contribution is -2.39. The summed E-state index contributed by atoms with van der Waals surface area (Å²) in [6.45, 7) is 1.54. The van der Waals surface area contributed by atoms with Gasteiger partial charge in [-0.3, -0.25) is 9.30 Å². The number of rotatable bonds is 6. The molecule has 0 saturated heterocycles. The van der Waals surface area contributed by atoms with Gasteiger partial charge in [0.25, 0.3) is 0 Å². The predicted octanol–water partition coefficient (Wildman–Crippen LogP) is 1.08. The van der Waals surface area contributed by atoms with Crippen LogP contribution >= 0.6 is 0 Å². The molecule has 7 heteroatoms. The summed E-state index contributed by atoms with van der Waals surface area (Å²) in [5.41, 5.74) is 7.68. The molecule has 0 atom stereocenters. The van der Waals surface area contributed by atoms with Gasteiger partial charge in [-0.2, -0.15) is 0 Å². The molecule has 0 spiro atoms. The summed E-state index contributed by atoms with van der Waals surface area (Å²) in [6, 6.07) is 7.65. The van der Waals surface area contributed by atoms with Gasteiger partial charge < -0.3 is 11.1 Å². The van der Waals surface area contributed by atoms with Crippen LogP contribution < -0.4 is 15.4 Å². The molecule has 1 heterocycles. The van der Waals surface area contributed by atoms with Crippen molar-refractivity contribution in [2.24, 2.45) is 16.6 Å². The molecule has 1 saturated carbocycles. The molecular weight excluding hydrogens is 312 g/mol. The lowest BCUT2D eigenvalue weighted by molar-refractivity contribution is 0.326. The van der Waals surface area contributed by atoms with Crippen molar-refractivity contribution in [3.63, 3.8) is 0 Å². The Labute approximate surface area is 137 Å². The number of sulfonamides is 1. The molecule has 23 heavy (non-hydrogen) atoms. The van der Waals surface area contributed by atoms with Gasteiger partial charge in [-0.05, 0) is 36.8 Å². The summed E-state index contributed by atoms with van der Waals surface area (Å²) in [4.78, 5) is 4.27. The lowest BCUT2D eigenvalue weighted by Gasteiger charge is -2.23. The Kier molecular flexibility index (Phi) is 4.75. The number of nitrogens with one attached hydrogen (secondary N) is 1. The van der Waals surface area contributed by atoms with Crippen molar-refractivity contribution in [1.29, 1.82) is 0 Å². The van der Waals surface area contributed by atoms with Gasteiger partial charge in [-0.1, -0.05) is 24.6 Å². The molecule has 3 N–H and O–H groups in total. The van der Waals surface area contributed by atoms with Crippen LogP contribution in [0.15, 0.2) is 29.3 Å². The fourth-order valence-corrected chi connectivity index (χ4v) is 4.40. The van der Waals surface area contributed by atoms with Crippen LogP contribution in [0.3, 0.4) is 0 Å². The van der Waals surface area contributed by atoms with Crippen LogP contribution in [0, 0.1) is 5.92 Å². The smallest absolute Gasteiger partial charge is 0.236 e. The van der Waals surface area contributed by atoms with Gasteiger partial charge in [0.1, 0.15) is 0 Å². The quantitative estimate of drug-likeness (QED) is 0.601. The maximum absolute atomic E-state index is 12.5. The first-order valence-corrected chi connectivity index (χ1v) is 9.79. The average molecular weight is 336 g/mol. The van der Waals surface area contributed by atoms with E-state index in [4.69, 9.17) is 5.73 Å². The minimum atomic E-state index is -3.33. The number of benzene rings is 1.